The molecular formula is C37H50O5Si. The van der Waals surface area contributed by atoms with Crippen molar-refractivity contribution in [1.29, 1.82) is 0 Å². The third-order valence-electron chi connectivity index (χ3n) is 8.80. The van der Waals surface area contributed by atoms with Gasteiger partial charge in [-0.15, -0.1) is 0 Å². The third kappa shape index (κ3) is 8.11. The van der Waals surface area contributed by atoms with Crippen LogP contribution >= 0.6 is 0 Å². The Morgan fingerprint density at radius 1 is 0.907 bits per heavy atom. The summed E-state index contributed by atoms with van der Waals surface area (Å²) in [6.07, 6.45) is 0.631. The molecule has 4 rings (SSSR count). The van der Waals surface area contributed by atoms with Crippen LogP contribution in [0, 0.1) is 11.8 Å². The summed E-state index contributed by atoms with van der Waals surface area (Å²) < 4.78 is 25.6. The number of carbonyl (C=O) groups is 1. The minimum Gasteiger partial charge on any atom is -0.407 e. The molecule has 1 heterocycles. The Bertz CT molecular complexity index is 1230. The number of ketones is 1. The molecule has 6 heteroatoms. The van der Waals surface area contributed by atoms with Gasteiger partial charge in [0.05, 0.1) is 19.3 Å². The predicted molar refractivity (Wildman–Crippen MR) is 176 cm³/mol. The molecular weight excluding hydrogens is 552 g/mol. The maximum atomic E-state index is 13.6. The van der Waals surface area contributed by atoms with Crippen LogP contribution in [0.15, 0.2) is 91.0 Å². The van der Waals surface area contributed by atoms with Crippen LogP contribution in [0.3, 0.4) is 0 Å². The molecule has 0 amide bonds. The molecule has 5 nitrogen and oxygen atoms in total. The molecule has 232 valence electrons. The lowest BCUT2D eigenvalue weighted by Crippen LogP contribution is -2.66. The van der Waals surface area contributed by atoms with Crippen LogP contribution in [0.1, 0.15) is 66.9 Å². The highest BCUT2D eigenvalue weighted by molar-refractivity contribution is 6.99. The van der Waals surface area contributed by atoms with Crippen molar-refractivity contribution < 1.29 is 23.4 Å². The Morgan fingerprint density at radius 3 is 1.93 bits per heavy atom. The zero-order chi connectivity index (χ0) is 31.1. The number of rotatable bonds is 14. The molecule has 0 saturated carbocycles. The largest absolute Gasteiger partial charge is 0.407 e. The van der Waals surface area contributed by atoms with Crippen molar-refractivity contribution in [2.75, 3.05) is 13.2 Å². The van der Waals surface area contributed by atoms with E-state index >= 15 is 0 Å². The average molecular weight is 603 g/mol. The van der Waals surface area contributed by atoms with Gasteiger partial charge in [0.2, 0.25) is 0 Å². The summed E-state index contributed by atoms with van der Waals surface area (Å²) >= 11 is 0. The Kier molecular flexibility index (Phi) is 11.2. The Balaban J connectivity index is 1.43. The summed E-state index contributed by atoms with van der Waals surface area (Å²) in [4.78, 5) is 13.6. The van der Waals surface area contributed by atoms with Crippen molar-refractivity contribution in [2.45, 2.75) is 90.9 Å². The van der Waals surface area contributed by atoms with Gasteiger partial charge in [0.1, 0.15) is 11.9 Å². The average Bonchev–Trinajstić information content (AvgIpc) is 3.36. The summed E-state index contributed by atoms with van der Waals surface area (Å²) in [5.74, 6) is -0.674. The first-order chi connectivity index (χ1) is 20.4. The van der Waals surface area contributed by atoms with Gasteiger partial charge in [-0.05, 0) is 47.2 Å². The summed E-state index contributed by atoms with van der Waals surface area (Å²) in [5.41, 5.74) is 1.09. The lowest BCUT2D eigenvalue weighted by atomic mass is 9.84. The topological polar surface area (TPSA) is 54.0 Å². The van der Waals surface area contributed by atoms with Crippen LogP contribution in [0.5, 0.6) is 0 Å². The van der Waals surface area contributed by atoms with E-state index in [1.807, 2.05) is 39.0 Å². The highest BCUT2D eigenvalue weighted by Crippen LogP contribution is 2.37. The van der Waals surface area contributed by atoms with Gasteiger partial charge in [0.25, 0.3) is 8.32 Å². The van der Waals surface area contributed by atoms with Crippen molar-refractivity contribution in [1.82, 2.24) is 0 Å². The highest BCUT2D eigenvalue weighted by atomic mass is 28.4. The molecule has 1 saturated heterocycles. The lowest BCUT2D eigenvalue weighted by molar-refractivity contribution is -0.167. The first kappa shape index (κ1) is 33.3. The normalized spacial score (nSPS) is 19.1. The second-order valence-corrected chi connectivity index (χ2v) is 17.7. The van der Waals surface area contributed by atoms with Gasteiger partial charge in [0, 0.05) is 18.9 Å². The number of ether oxygens (including phenoxy) is 3. The van der Waals surface area contributed by atoms with E-state index in [0.717, 1.165) is 5.56 Å². The molecule has 0 spiro atoms. The van der Waals surface area contributed by atoms with Crippen molar-refractivity contribution in [3.05, 3.63) is 96.6 Å². The molecule has 1 aliphatic rings. The van der Waals surface area contributed by atoms with E-state index in [1.165, 1.54) is 10.4 Å². The van der Waals surface area contributed by atoms with Crippen molar-refractivity contribution in [3.8, 4) is 0 Å². The fraction of sp³-hybridized carbons (Fsp3) is 0.486. The van der Waals surface area contributed by atoms with Gasteiger partial charge in [-0.1, -0.05) is 126 Å². The zero-order valence-corrected chi connectivity index (χ0v) is 28.0. The quantitative estimate of drug-likeness (QED) is 0.148. The lowest BCUT2D eigenvalue weighted by Gasteiger charge is -2.43. The minimum absolute atomic E-state index is 0.0451. The molecule has 3 aromatic carbocycles. The molecule has 0 N–H and O–H groups in total. The van der Waals surface area contributed by atoms with Crippen molar-refractivity contribution >= 4 is 24.5 Å². The Labute approximate surface area is 260 Å². The van der Waals surface area contributed by atoms with Gasteiger partial charge in [0.15, 0.2) is 5.79 Å². The van der Waals surface area contributed by atoms with Gasteiger partial charge < -0.3 is 18.6 Å². The van der Waals surface area contributed by atoms with E-state index < -0.39 is 14.1 Å². The van der Waals surface area contributed by atoms with Gasteiger partial charge in [-0.2, -0.15) is 0 Å². The van der Waals surface area contributed by atoms with Crippen LogP contribution in [0.4, 0.5) is 0 Å². The van der Waals surface area contributed by atoms with E-state index in [2.05, 4.69) is 100 Å². The van der Waals surface area contributed by atoms with E-state index in [1.54, 1.807) is 0 Å². The second kappa shape index (κ2) is 14.4. The predicted octanol–water partition coefficient (Wildman–Crippen LogP) is 6.92. The van der Waals surface area contributed by atoms with Crippen molar-refractivity contribution in [2.24, 2.45) is 11.8 Å². The molecule has 1 fully saturated rings. The van der Waals surface area contributed by atoms with Crippen LogP contribution in [-0.2, 0) is 30.0 Å². The Morgan fingerprint density at radius 2 is 1.44 bits per heavy atom. The Hall–Kier alpha value is -2.61. The standard InChI is InChI=1S/C37H50O5Si/c1-28(29(2)35(34-27-40-37(6,7)42-34)39-26-30-18-11-8-12-19-30)33(38)24-17-25-41-43(36(3,4)5,31-20-13-9-14-21-31)32-22-15-10-16-23-32/h8-16,18-23,28-29,34-35H,17,24-27H2,1-7H3/t28-,29-,34-,35-/m0/s1. The summed E-state index contributed by atoms with van der Waals surface area (Å²) in [5, 5.41) is 2.41. The van der Waals surface area contributed by atoms with Crippen LogP contribution in [-0.4, -0.2) is 45.3 Å². The molecule has 0 bridgehead atoms. The fourth-order valence-corrected chi connectivity index (χ4v) is 10.9. The van der Waals surface area contributed by atoms with Crippen LogP contribution in [0.25, 0.3) is 0 Å². The maximum Gasteiger partial charge on any atom is 0.261 e. The van der Waals surface area contributed by atoms with E-state index in [0.29, 0.717) is 32.7 Å². The zero-order valence-electron chi connectivity index (χ0n) is 27.0. The molecule has 0 unspecified atom stereocenters. The van der Waals surface area contributed by atoms with Crippen LogP contribution < -0.4 is 10.4 Å². The molecule has 0 aliphatic carbocycles. The number of hydrogen-bond acceptors (Lipinski definition) is 5. The number of carbonyl (C=O) groups excluding carboxylic acids is 1. The molecule has 0 aromatic heterocycles. The fourth-order valence-electron chi connectivity index (χ4n) is 6.28. The van der Waals surface area contributed by atoms with Crippen LogP contribution in [0.2, 0.25) is 5.04 Å². The SMILES string of the molecule is C[C@H]([C@H](OCc1ccccc1)[C@@H]1COC(C)(C)O1)[C@H](C)C(=O)CCCO[Si](c1ccccc1)(c1ccccc1)C(C)(C)C. The highest BCUT2D eigenvalue weighted by Gasteiger charge is 2.50. The van der Waals surface area contributed by atoms with Gasteiger partial charge in [-0.3, -0.25) is 4.79 Å². The molecule has 3 aromatic rings. The van der Waals surface area contributed by atoms with E-state index in [9.17, 15) is 4.79 Å². The first-order valence-corrected chi connectivity index (χ1v) is 17.6. The summed E-state index contributed by atoms with van der Waals surface area (Å²) in [7, 11) is -2.62. The number of hydrogen-bond donors (Lipinski definition) is 0. The number of benzene rings is 3. The van der Waals surface area contributed by atoms with E-state index in [-0.39, 0.29) is 34.9 Å². The number of Topliss-reactive ketones (excluding diaryl/α,β-unsaturated/α-hetero) is 1. The smallest absolute Gasteiger partial charge is 0.261 e. The summed E-state index contributed by atoms with van der Waals surface area (Å²) in [6, 6.07) is 31.4. The van der Waals surface area contributed by atoms with E-state index in [4.69, 9.17) is 18.6 Å². The summed E-state index contributed by atoms with van der Waals surface area (Å²) in [6.45, 7) is 16.2. The van der Waals surface area contributed by atoms with Crippen molar-refractivity contribution in [3.63, 3.8) is 0 Å². The third-order valence-corrected chi connectivity index (χ3v) is 13.8. The maximum absolute atomic E-state index is 13.6. The monoisotopic (exact) mass is 602 g/mol. The van der Waals surface area contributed by atoms with Gasteiger partial charge >= 0.3 is 0 Å². The minimum atomic E-state index is -2.62. The first-order valence-electron chi connectivity index (χ1n) is 15.7. The molecule has 4 atom stereocenters. The molecule has 43 heavy (non-hydrogen) atoms. The molecule has 1 aliphatic heterocycles. The molecule has 0 radical (unpaired) electrons. The van der Waals surface area contributed by atoms with Gasteiger partial charge in [-0.25, -0.2) is 0 Å². The second-order valence-electron chi connectivity index (χ2n) is 13.4.